The molecular formula is C14H22. The van der Waals surface area contributed by atoms with Crippen molar-refractivity contribution in [2.24, 2.45) is 23.7 Å². The van der Waals surface area contributed by atoms with Gasteiger partial charge < -0.3 is 0 Å². The van der Waals surface area contributed by atoms with Gasteiger partial charge in [0.2, 0.25) is 0 Å². The standard InChI is InChI=1S/C14H22/c1-2-3-4-10-9-11-5-6-12(10)14-8-7-13(11)14/h9,11-14H,2-8H2,1H3. The summed E-state index contributed by atoms with van der Waals surface area (Å²) in [6.07, 6.45) is 13.0. The molecule has 0 aromatic rings. The summed E-state index contributed by atoms with van der Waals surface area (Å²) < 4.78 is 0. The van der Waals surface area contributed by atoms with Crippen LogP contribution in [0.3, 0.4) is 0 Å². The fraction of sp³-hybridized carbons (Fsp3) is 0.857. The van der Waals surface area contributed by atoms with E-state index < -0.39 is 0 Å². The average Bonchev–Trinajstić information content (AvgIpc) is 2.14. The van der Waals surface area contributed by atoms with Gasteiger partial charge in [-0.15, -0.1) is 0 Å². The molecule has 78 valence electrons. The molecule has 0 amide bonds. The van der Waals surface area contributed by atoms with Crippen LogP contribution in [0, 0.1) is 23.7 Å². The molecule has 14 heavy (non-hydrogen) atoms. The van der Waals surface area contributed by atoms with Gasteiger partial charge in [0.25, 0.3) is 0 Å². The normalized spacial score (nSPS) is 44.2. The third-order valence-corrected chi connectivity index (χ3v) is 4.98. The number of fused-ring (bicyclic) bond motifs is 1. The summed E-state index contributed by atoms with van der Waals surface area (Å²) in [4.78, 5) is 0. The predicted octanol–water partition coefficient (Wildman–Crippen LogP) is 4.17. The van der Waals surface area contributed by atoms with Crippen LogP contribution in [-0.4, -0.2) is 0 Å². The van der Waals surface area contributed by atoms with Gasteiger partial charge in [-0.25, -0.2) is 0 Å². The van der Waals surface area contributed by atoms with Gasteiger partial charge in [-0.1, -0.05) is 25.0 Å². The van der Waals surface area contributed by atoms with Gasteiger partial charge in [0, 0.05) is 0 Å². The first-order chi connectivity index (χ1) is 6.90. The molecule has 2 saturated carbocycles. The maximum absolute atomic E-state index is 2.68. The molecule has 0 nitrogen and oxygen atoms in total. The summed E-state index contributed by atoms with van der Waals surface area (Å²) >= 11 is 0. The van der Waals surface area contributed by atoms with Crippen molar-refractivity contribution in [2.45, 2.75) is 51.9 Å². The Morgan fingerprint density at radius 1 is 1.14 bits per heavy atom. The largest absolute Gasteiger partial charge is 0.0816 e. The lowest BCUT2D eigenvalue weighted by Crippen LogP contribution is -2.45. The number of unbranched alkanes of at least 4 members (excludes halogenated alkanes) is 1. The maximum atomic E-state index is 2.68. The van der Waals surface area contributed by atoms with E-state index in [9.17, 15) is 0 Å². The third kappa shape index (κ3) is 1.19. The first-order valence-electron chi connectivity index (χ1n) is 6.60. The smallest absolute Gasteiger partial charge is 0.0172 e. The molecule has 2 fully saturated rings. The Labute approximate surface area is 87.8 Å². The Bertz CT molecular complexity index is 251. The van der Waals surface area contributed by atoms with Gasteiger partial charge in [0.15, 0.2) is 0 Å². The van der Waals surface area contributed by atoms with E-state index in [-0.39, 0.29) is 0 Å². The topological polar surface area (TPSA) is 0 Å². The fourth-order valence-corrected chi connectivity index (χ4v) is 4.10. The number of allylic oxidation sites excluding steroid dienone is 2. The van der Waals surface area contributed by atoms with Gasteiger partial charge in [-0.3, -0.25) is 0 Å². The Morgan fingerprint density at radius 3 is 2.64 bits per heavy atom. The number of rotatable bonds is 3. The van der Waals surface area contributed by atoms with Crippen molar-refractivity contribution < 1.29 is 0 Å². The maximum Gasteiger partial charge on any atom is -0.0172 e. The molecule has 4 aliphatic carbocycles. The molecule has 0 aliphatic heterocycles. The molecule has 0 aromatic carbocycles. The molecule has 0 saturated heterocycles. The molecule has 4 rings (SSSR count). The van der Waals surface area contributed by atoms with Crippen LogP contribution in [0.15, 0.2) is 11.6 Å². The van der Waals surface area contributed by atoms with Crippen molar-refractivity contribution in [3.8, 4) is 0 Å². The van der Waals surface area contributed by atoms with Gasteiger partial charge in [0.1, 0.15) is 0 Å². The summed E-state index contributed by atoms with van der Waals surface area (Å²) in [6, 6.07) is 0. The molecule has 0 radical (unpaired) electrons. The SMILES string of the molecule is CCCCC1=CC2CCC1C1CCC21. The van der Waals surface area contributed by atoms with Crippen molar-refractivity contribution >= 4 is 0 Å². The summed E-state index contributed by atoms with van der Waals surface area (Å²) in [6.45, 7) is 2.31. The van der Waals surface area contributed by atoms with Crippen LogP contribution in [0.5, 0.6) is 0 Å². The van der Waals surface area contributed by atoms with Crippen molar-refractivity contribution in [3.63, 3.8) is 0 Å². The minimum atomic E-state index is 1.01. The Hall–Kier alpha value is -0.260. The Kier molecular flexibility index (Phi) is 2.18. The second-order valence-corrected chi connectivity index (χ2v) is 5.60. The van der Waals surface area contributed by atoms with E-state index in [0.29, 0.717) is 0 Å². The lowest BCUT2D eigenvalue weighted by Gasteiger charge is -2.54. The zero-order valence-corrected chi connectivity index (χ0v) is 9.34. The van der Waals surface area contributed by atoms with E-state index in [0.717, 1.165) is 23.7 Å². The molecular weight excluding hydrogens is 168 g/mol. The molecule has 4 atom stereocenters. The van der Waals surface area contributed by atoms with E-state index >= 15 is 0 Å². The summed E-state index contributed by atoms with van der Waals surface area (Å²) in [5, 5.41) is 0. The second kappa shape index (κ2) is 3.40. The van der Waals surface area contributed by atoms with E-state index in [2.05, 4.69) is 13.0 Å². The van der Waals surface area contributed by atoms with Crippen LogP contribution in [0.25, 0.3) is 0 Å². The van der Waals surface area contributed by atoms with Crippen LogP contribution in [0.1, 0.15) is 51.9 Å². The minimum absolute atomic E-state index is 1.01. The lowest BCUT2D eigenvalue weighted by molar-refractivity contribution is 0.0185. The Morgan fingerprint density at radius 2 is 2.00 bits per heavy atom. The highest BCUT2D eigenvalue weighted by Gasteiger charge is 2.48. The number of hydrogen-bond acceptors (Lipinski definition) is 0. The fourth-order valence-electron chi connectivity index (χ4n) is 4.10. The van der Waals surface area contributed by atoms with E-state index in [4.69, 9.17) is 0 Å². The first kappa shape index (κ1) is 9.00. The van der Waals surface area contributed by atoms with Gasteiger partial charge >= 0.3 is 0 Å². The molecule has 4 aliphatic rings. The average molecular weight is 190 g/mol. The van der Waals surface area contributed by atoms with Crippen LogP contribution in [0.4, 0.5) is 0 Å². The van der Waals surface area contributed by atoms with Crippen molar-refractivity contribution in [2.75, 3.05) is 0 Å². The predicted molar refractivity (Wildman–Crippen MR) is 60.0 cm³/mol. The highest BCUT2D eigenvalue weighted by Crippen LogP contribution is 2.57. The van der Waals surface area contributed by atoms with E-state index in [1.807, 2.05) is 5.57 Å². The van der Waals surface area contributed by atoms with Gasteiger partial charge in [0.05, 0.1) is 0 Å². The number of hydrogen-bond donors (Lipinski definition) is 0. The zero-order valence-electron chi connectivity index (χ0n) is 9.34. The summed E-state index contributed by atoms with van der Waals surface area (Å²) in [7, 11) is 0. The van der Waals surface area contributed by atoms with Crippen molar-refractivity contribution in [1.82, 2.24) is 0 Å². The Balaban J connectivity index is 1.76. The van der Waals surface area contributed by atoms with Crippen LogP contribution >= 0.6 is 0 Å². The zero-order chi connectivity index (χ0) is 9.54. The molecule has 0 N–H and O–H groups in total. The molecule has 0 spiro atoms. The summed E-state index contributed by atoms with van der Waals surface area (Å²) in [5.41, 5.74) is 1.86. The summed E-state index contributed by atoms with van der Waals surface area (Å²) in [5.74, 6) is 4.29. The highest BCUT2D eigenvalue weighted by molar-refractivity contribution is 5.22. The molecule has 2 bridgehead atoms. The van der Waals surface area contributed by atoms with Gasteiger partial charge in [-0.05, 0) is 62.2 Å². The molecule has 0 aromatic heterocycles. The van der Waals surface area contributed by atoms with Crippen LogP contribution in [-0.2, 0) is 0 Å². The second-order valence-electron chi connectivity index (χ2n) is 5.60. The molecule has 0 heteroatoms. The highest BCUT2D eigenvalue weighted by atomic mass is 14.5. The molecule has 0 heterocycles. The van der Waals surface area contributed by atoms with Crippen LogP contribution in [0.2, 0.25) is 0 Å². The minimum Gasteiger partial charge on any atom is -0.0816 e. The van der Waals surface area contributed by atoms with E-state index in [1.54, 1.807) is 12.8 Å². The third-order valence-electron chi connectivity index (χ3n) is 4.98. The van der Waals surface area contributed by atoms with Crippen molar-refractivity contribution in [3.05, 3.63) is 11.6 Å². The first-order valence-corrected chi connectivity index (χ1v) is 6.60. The molecule has 4 unspecified atom stereocenters. The van der Waals surface area contributed by atoms with Gasteiger partial charge in [-0.2, -0.15) is 0 Å². The van der Waals surface area contributed by atoms with E-state index in [1.165, 1.54) is 32.1 Å². The van der Waals surface area contributed by atoms with Crippen LogP contribution < -0.4 is 0 Å². The van der Waals surface area contributed by atoms with Crippen molar-refractivity contribution in [1.29, 1.82) is 0 Å². The quantitative estimate of drug-likeness (QED) is 0.586. The monoisotopic (exact) mass is 190 g/mol. The lowest BCUT2D eigenvalue weighted by atomic mass is 9.51.